The van der Waals surface area contributed by atoms with Crippen molar-refractivity contribution in [3.8, 4) is 11.5 Å². The molecule has 0 saturated carbocycles. The number of nitrogens with zero attached hydrogens (tertiary/aromatic N) is 3. The van der Waals surface area contributed by atoms with Crippen LogP contribution in [-0.2, 0) is 6.54 Å². The molecular weight excluding hydrogens is 268 g/mol. The fraction of sp³-hybridized carbons (Fsp3) is 0.600. The van der Waals surface area contributed by atoms with Gasteiger partial charge in [0.25, 0.3) is 5.89 Å². The maximum Gasteiger partial charge on any atom is 0.251 e. The molecule has 2 aromatic heterocycles. The summed E-state index contributed by atoms with van der Waals surface area (Å²) in [5.41, 5.74) is 0.888. The highest BCUT2D eigenvalue weighted by atomic mass is 16.4. The molecule has 1 aliphatic heterocycles. The molecule has 1 aliphatic rings. The Balaban J connectivity index is 1.72. The summed E-state index contributed by atoms with van der Waals surface area (Å²) in [7, 11) is 1.99. The number of aromatic nitrogens is 2. The number of aryl methyl sites for hydroxylation is 2. The van der Waals surface area contributed by atoms with Gasteiger partial charge >= 0.3 is 0 Å². The molecule has 21 heavy (non-hydrogen) atoms. The van der Waals surface area contributed by atoms with E-state index in [-0.39, 0.29) is 0 Å². The van der Waals surface area contributed by atoms with Crippen LogP contribution in [0.5, 0.6) is 0 Å². The van der Waals surface area contributed by atoms with Gasteiger partial charge in [0.05, 0.1) is 12.1 Å². The molecule has 6 heteroatoms. The van der Waals surface area contributed by atoms with Crippen LogP contribution >= 0.6 is 0 Å². The Morgan fingerprint density at radius 3 is 2.90 bits per heavy atom. The van der Waals surface area contributed by atoms with Gasteiger partial charge in [-0.3, -0.25) is 4.90 Å². The van der Waals surface area contributed by atoms with Crippen LogP contribution in [0.25, 0.3) is 11.5 Å². The van der Waals surface area contributed by atoms with Gasteiger partial charge in [-0.25, -0.2) is 0 Å². The lowest BCUT2D eigenvalue weighted by molar-refractivity contribution is 0.220. The van der Waals surface area contributed by atoms with E-state index in [9.17, 15) is 0 Å². The third kappa shape index (κ3) is 3.01. The SMILES string of the molecule is CNCC1CCCN1Cc1nnc(-c2cc(C)oc2C)o1. The van der Waals surface area contributed by atoms with Crippen molar-refractivity contribution in [2.45, 2.75) is 39.3 Å². The summed E-state index contributed by atoms with van der Waals surface area (Å²) in [6.45, 7) is 6.64. The number of nitrogens with one attached hydrogen (secondary N) is 1. The highest BCUT2D eigenvalue weighted by molar-refractivity contribution is 5.55. The van der Waals surface area contributed by atoms with E-state index in [0.29, 0.717) is 17.8 Å². The molecule has 0 radical (unpaired) electrons. The molecule has 1 unspecified atom stereocenters. The zero-order valence-corrected chi connectivity index (χ0v) is 12.8. The Bertz CT molecular complexity index is 605. The highest BCUT2D eigenvalue weighted by Crippen LogP contribution is 2.26. The summed E-state index contributed by atoms with van der Waals surface area (Å²) in [5.74, 6) is 2.89. The normalized spacial score (nSPS) is 19.5. The summed E-state index contributed by atoms with van der Waals surface area (Å²) >= 11 is 0. The lowest BCUT2D eigenvalue weighted by Crippen LogP contribution is -2.36. The molecule has 2 aromatic rings. The first-order chi connectivity index (χ1) is 10.2. The van der Waals surface area contributed by atoms with E-state index in [1.54, 1.807) is 0 Å². The second-order valence-corrected chi connectivity index (χ2v) is 5.65. The third-order valence-electron chi connectivity index (χ3n) is 4.02. The number of rotatable bonds is 5. The minimum atomic E-state index is 0.545. The quantitative estimate of drug-likeness (QED) is 0.910. The van der Waals surface area contributed by atoms with E-state index in [0.717, 1.165) is 36.7 Å². The molecule has 3 heterocycles. The van der Waals surface area contributed by atoms with Crippen molar-refractivity contribution in [1.29, 1.82) is 0 Å². The van der Waals surface area contributed by atoms with E-state index in [4.69, 9.17) is 8.83 Å². The monoisotopic (exact) mass is 290 g/mol. The minimum absolute atomic E-state index is 0.545. The molecule has 6 nitrogen and oxygen atoms in total. The summed E-state index contributed by atoms with van der Waals surface area (Å²) < 4.78 is 11.3. The van der Waals surface area contributed by atoms with Crippen LogP contribution in [0.3, 0.4) is 0 Å². The van der Waals surface area contributed by atoms with Gasteiger partial charge in [0.1, 0.15) is 11.5 Å². The average Bonchev–Trinajstić information content (AvgIpc) is 3.13. The lowest BCUT2D eigenvalue weighted by atomic mass is 10.2. The second-order valence-electron chi connectivity index (χ2n) is 5.65. The number of likely N-dealkylation sites (tertiary alicyclic amines) is 1. The van der Waals surface area contributed by atoms with Crippen LogP contribution in [0.2, 0.25) is 0 Å². The van der Waals surface area contributed by atoms with Crippen LogP contribution in [0, 0.1) is 13.8 Å². The highest BCUT2D eigenvalue weighted by Gasteiger charge is 2.25. The smallest absolute Gasteiger partial charge is 0.251 e. The Morgan fingerprint density at radius 1 is 1.33 bits per heavy atom. The minimum Gasteiger partial charge on any atom is -0.466 e. The molecule has 1 N–H and O–H groups in total. The van der Waals surface area contributed by atoms with Crippen LogP contribution < -0.4 is 5.32 Å². The first-order valence-corrected chi connectivity index (χ1v) is 7.46. The van der Waals surface area contributed by atoms with E-state index in [2.05, 4.69) is 20.4 Å². The Kier molecular flexibility index (Phi) is 4.07. The third-order valence-corrected chi connectivity index (χ3v) is 4.02. The summed E-state index contributed by atoms with van der Waals surface area (Å²) in [4.78, 5) is 2.40. The van der Waals surface area contributed by atoms with Gasteiger partial charge in [-0.15, -0.1) is 10.2 Å². The zero-order valence-electron chi connectivity index (χ0n) is 12.8. The number of likely N-dealkylation sites (N-methyl/N-ethyl adjacent to an activating group) is 1. The predicted molar refractivity (Wildman–Crippen MR) is 78.8 cm³/mol. The maximum atomic E-state index is 5.81. The molecule has 1 fully saturated rings. The number of hydrogen-bond acceptors (Lipinski definition) is 6. The van der Waals surface area contributed by atoms with Gasteiger partial charge < -0.3 is 14.2 Å². The van der Waals surface area contributed by atoms with Gasteiger partial charge in [-0.2, -0.15) is 0 Å². The van der Waals surface area contributed by atoms with Crippen LogP contribution in [0.1, 0.15) is 30.3 Å². The number of furan rings is 1. The van der Waals surface area contributed by atoms with Crippen molar-refractivity contribution < 1.29 is 8.83 Å². The summed E-state index contributed by atoms with van der Waals surface area (Å²) in [5, 5.41) is 11.6. The van der Waals surface area contributed by atoms with E-state index >= 15 is 0 Å². The molecule has 0 amide bonds. The van der Waals surface area contributed by atoms with Crippen molar-refractivity contribution in [3.05, 3.63) is 23.5 Å². The average molecular weight is 290 g/mol. The predicted octanol–water partition coefficient (Wildman–Crippen LogP) is 2.13. The molecule has 0 bridgehead atoms. The van der Waals surface area contributed by atoms with Gasteiger partial charge in [0, 0.05) is 12.6 Å². The Labute approximate surface area is 124 Å². The number of hydrogen-bond donors (Lipinski definition) is 1. The van der Waals surface area contributed by atoms with E-state index in [1.807, 2.05) is 27.0 Å². The van der Waals surface area contributed by atoms with Crippen molar-refractivity contribution in [2.24, 2.45) is 0 Å². The fourth-order valence-electron chi connectivity index (χ4n) is 3.01. The van der Waals surface area contributed by atoms with E-state index < -0.39 is 0 Å². The molecule has 3 rings (SSSR count). The summed E-state index contributed by atoms with van der Waals surface area (Å²) in [6.07, 6.45) is 2.45. The summed E-state index contributed by atoms with van der Waals surface area (Å²) in [6, 6.07) is 2.50. The Morgan fingerprint density at radius 2 is 2.19 bits per heavy atom. The molecule has 0 aromatic carbocycles. The van der Waals surface area contributed by atoms with Gasteiger partial charge in [0.2, 0.25) is 5.89 Å². The molecule has 1 saturated heterocycles. The first kappa shape index (κ1) is 14.3. The molecule has 1 atom stereocenters. The largest absolute Gasteiger partial charge is 0.466 e. The van der Waals surface area contributed by atoms with Crippen LogP contribution in [-0.4, -0.2) is 41.3 Å². The maximum absolute atomic E-state index is 5.81. The first-order valence-electron chi connectivity index (χ1n) is 7.46. The zero-order chi connectivity index (χ0) is 14.8. The fourth-order valence-corrected chi connectivity index (χ4v) is 3.01. The van der Waals surface area contributed by atoms with Crippen molar-refractivity contribution in [3.63, 3.8) is 0 Å². The molecule has 114 valence electrons. The van der Waals surface area contributed by atoms with Gasteiger partial charge in [-0.1, -0.05) is 0 Å². The second kappa shape index (κ2) is 5.99. The van der Waals surface area contributed by atoms with Crippen molar-refractivity contribution in [2.75, 3.05) is 20.1 Å². The van der Waals surface area contributed by atoms with Gasteiger partial charge in [0.15, 0.2) is 0 Å². The topological polar surface area (TPSA) is 67.3 Å². The van der Waals surface area contributed by atoms with Gasteiger partial charge in [-0.05, 0) is 46.3 Å². The molecule has 0 spiro atoms. The van der Waals surface area contributed by atoms with Crippen LogP contribution in [0.15, 0.2) is 14.9 Å². The van der Waals surface area contributed by atoms with Crippen molar-refractivity contribution >= 4 is 0 Å². The molecular formula is C15H22N4O2. The van der Waals surface area contributed by atoms with E-state index in [1.165, 1.54) is 12.8 Å². The Hall–Kier alpha value is -1.66. The van der Waals surface area contributed by atoms with Crippen molar-refractivity contribution in [1.82, 2.24) is 20.4 Å². The van der Waals surface area contributed by atoms with Crippen LogP contribution in [0.4, 0.5) is 0 Å². The standard InChI is InChI=1S/C15H22N4O2/c1-10-7-13(11(2)20-10)15-18-17-14(21-15)9-19-6-4-5-12(19)8-16-3/h7,12,16H,4-6,8-9H2,1-3H3. The molecule has 0 aliphatic carbocycles. The lowest BCUT2D eigenvalue weighted by Gasteiger charge is -2.22.